The topological polar surface area (TPSA) is 96.5 Å². The molecule has 0 aliphatic carbocycles. The maximum Gasteiger partial charge on any atom is 0.407 e. The van der Waals surface area contributed by atoms with Gasteiger partial charge in [0.2, 0.25) is 5.91 Å². The maximum absolute atomic E-state index is 12.1. The van der Waals surface area contributed by atoms with Crippen molar-refractivity contribution in [2.24, 2.45) is 5.73 Å². The molecule has 3 rings (SSSR count). The number of carbonyl (C=O) groups is 2. The molecule has 2 amide bonds. The van der Waals surface area contributed by atoms with E-state index in [9.17, 15) is 14.7 Å². The average molecular weight is 432 g/mol. The largest absolute Gasteiger partial charge is 0.465 e. The molecule has 166 valence electrons. The van der Waals surface area contributed by atoms with Gasteiger partial charge >= 0.3 is 6.09 Å². The second-order valence-electron chi connectivity index (χ2n) is 7.89. The van der Waals surface area contributed by atoms with Gasteiger partial charge in [-0.05, 0) is 48.9 Å². The highest BCUT2D eigenvalue weighted by molar-refractivity contribution is 5.73. The fourth-order valence-electron chi connectivity index (χ4n) is 3.92. The van der Waals surface area contributed by atoms with Crippen molar-refractivity contribution in [3.8, 4) is 11.3 Å². The summed E-state index contributed by atoms with van der Waals surface area (Å²) in [6, 6.07) is 23.1. The van der Waals surface area contributed by atoms with Crippen molar-refractivity contribution in [3.63, 3.8) is 0 Å². The van der Waals surface area contributed by atoms with Gasteiger partial charge in [0.05, 0.1) is 11.7 Å². The van der Waals surface area contributed by atoms with Crippen molar-refractivity contribution in [1.29, 1.82) is 0 Å². The van der Waals surface area contributed by atoms with Crippen LogP contribution < -0.4 is 5.73 Å². The monoisotopic (exact) mass is 431 g/mol. The van der Waals surface area contributed by atoms with E-state index in [1.807, 2.05) is 79.7 Å². The first kappa shape index (κ1) is 23.0. The van der Waals surface area contributed by atoms with Crippen LogP contribution in [0.5, 0.6) is 0 Å². The predicted molar refractivity (Wildman–Crippen MR) is 125 cm³/mol. The predicted octanol–water partition coefficient (Wildman–Crippen LogP) is 5.23. The molecule has 2 atom stereocenters. The third-order valence-corrected chi connectivity index (χ3v) is 5.80. The van der Waals surface area contributed by atoms with Crippen molar-refractivity contribution >= 4 is 12.0 Å². The quantitative estimate of drug-likeness (QED) is 0.459. The van der Waals surface area contributed by atoms with Gasteiger partial charge in [-0.25, -0.2) is 4.79 Å². The van der Waals surface area contributed by atoms with E-state index in [1.54, 1.807) is 6.20 Å². The SMILES string of the molecule is C[C@@H](c1ccc(-c2ccccn2)cc1)N(CC[C@H](CCC(N)=O)c1ccccc1)C(=O)O. The number of primary amides is 1. The highest BCUT2D eigenvalue weighted by Gasteiger charge is 2.23. The normalized spacial score (nSPS) is 12.7. The summed E-state index contributed by atoms with van der Waals surface area (Å²) in [6.07, 6.45) is 2.27. The van der Waals surface area contributed by atoms with Crippen molar-refractivity contribution in [2.75, 3.05) is 6.54 Å². The van der Waals surface area contributed by atoms with Crippen LogP contribution in [0.3, 0.4) is 0 Å². The van der Waals surface area contributed by atoms with E-state index in [0.717, 1.165) is 22.4 Å². The zero-order valence-electron chi connectivity index (χ0n) is 18.2. The average Bonchev–Trinajstić information content (AvgIpc) is 2.82. The molecule has 3 N–H and O–H groups in total. The Morgan fingerprint density at radius 1 is 0.938 bits per heavy atom. The van der Waals surface area contributed by atoms with Gasteiger partial charge in [0.1, 0.15) is 0 Å². The highest BCUT2D eigenvalue weighted by Crippen LogP contribution is 2.29. The molecule has 0 aliphatic heterocycles. The lowest BCUT2D eigenvalue weighted by atomic mass is 9.90. The first-order chi connectivity index (χ1) is 15.5. The van der Waals surface area contributed by atoms with Gasteiger partial charge in [0, 0.05) is 24.7 Å². The molecule has 0 unspecified atom stereocenters. The molecule has 0 fully saturated rings. The van der Waals surface area contributed by atoms with Crippen LogP contribution in [-0.2, 0) is 4.79 Å². The fourth-order valence-corrected chi connectivity index (χ4v) is 3.92. The molecule has 0 saturated heterocycles. The molecule has 0 bridgehead atoms. The molecule has 2 aromatic carbocycles. The summed E-state index contributed by atoms with van der Waals surface area (Å²) in [4.78, 5) is 29.2. The summed E-state index contributed by atoms with van der Waals surface area (Å²) in [5.74, 6) is -0.285. The van der Waals surface area contributed by atoms with Crippen LogP contribution in [0.4, 0.5) is 4.79 Å². The zero-order valence-corrected chi connectivity index (χ0v) is 18.2. The number of benzene rings is 2. The number of hydrogen-bond donors (Lipinski definition) is 2. The first-order valence-electron chi connectivity index (χ1n) is 10.8. The van der Waals surface area contributed by atoms with E-state index >= 15 is 0 Å². The van der Waals surface area contributed by atoms with Crippen LogP contribution in [0.1, 0.15) is 49.3 Å². The summed E-state index contributed by atoms with van der Waals surface area (Å²) in [5, 5.41) is 9.88. The second-order valence-corrected chi connectivity index (χ2v) is 7.89. The lowest BCUT2D eigenvalue weighted by molar-refractivity contribution is -0.118. The summed E-state index contributed by atoms with van der Waals surface area (Å²) in [7, 11) is 0. The summed E-state index contributed by atoms with van der Waals surface area (Å²) in [5.41, 5.74) is 9.22. The smallest absolute Gasteiger partial charge is 0.407 e. The van der Waals surface area contributed by atoms with Crippen LogP contribution in [0, 0.1) is 0 Å². The number of amides is 2. The molecule has 0 saturated carbocycles. The molecule has 0 radical (unpaired) electrons. The Labute approximate surface area is 188 Å². The van der Waals surface area contributed by atoms with Gasteiger partial charge in [-0.2, -0.15) is 0 Å². The summed E-state index contributed by atoms with van der Waals surface area (Å²) < 4.78 is 0. The Balaban J connectivity index is 1.72. The highest BCUT2D eigenvalue weighted by atomic mass is 16.4. The maximum atomic E-state index is 12.1. The number of carbonyl (C=O) groups excluding carboxylic acids is 1. The number of nitrogens with zero attached hydrogens (tertiary/aromatic N) is 2. The minimum atomic E-state index is -0.965. The minimum Gasteiger partial charge on any atom is -0.465 e. The Bertz CT molecular complexity index is 1010. The van der Waals surface area contributed by atoms with Crippen LogP contribution in [0.25, 0.3) is 11.3 Å². The van der Waals surface area contributed by atoms with Crippen molar-refractivity contribution in [1.82, 2.24) is 9.88 Å². The second kappa shape index (κ2) is 11.1. The van der Waals surface area contributed by atoms with Crippen LogP contribution in [0.2, 0.25) is 0 Å². The van der Waals surface area contributed by atoms with Gasteiger partial charge in [-0.3, -0.25) is 9.78 Å². The van der Waals surface area contributed by atoms with E-state index in [-0.39, 0.29) is 24.3 Å². The van der Waals surface area contributed by atoms with Gasteiger partial charge in [0.25, 0.3) is 0 Å². The Kier molecular flexibility index (Phi) is 7.97. The number of hydrogen-bond acceptors (Lipinski definition) is 3. The van der Waals surface area contributed by atoms with Crippen molar-refractivity contribution in [2.45, 2.75) is 38.1 Å². The number of carboxylic acid groups (broad SMARTS) is 1. The molecule has 1 heterocycles. The summed E-state index contributed by atoms with van der Waals surface area (Å²) >= 11 is 0. The number of nitrogens with two attached hydrogens (primary N) is 1. The lowest BCUT2D eigenvalue weighted by Crippen LogP contribution is -2.34. The molecule has 0 spiro atoms. The Morgan fingerprint density at radius 2 is 1.62 bits per heavy atom. The van der Waals surface area contributed by atoms with E-state index < -0.39 is 6.09 Å². The fraction of sp³-hybridized carbons (Fsp3) is 0.269. The zero-order chi connectivity index (χ0) is 22.9. The molecule has 6 heteroatoms. The van der Waals surface area contributed by atoms with Crippen LogP contribution >= 0.6 is 0 Å². The van der Waals surface area contributed by atoms with E-state index in [2.05, 4.69) is 4.98 Å². The third kappa shape index (κ3) is 6.17. The number of rotatable bonds is 10. The Morgan fingerprint density at radius 3 is 2.22 bits per heavy atom. The molecular weight excluding hydrogens is 402 g/mol. The van der Waals surface area contributed by atoms with E-state index in [1.165, 1.54) is 4.90 Å². The van der Waals surface area contributed by atoms with E-state index in [0.29, 0.717) is 19.4 Å². The van der Waals surface area contributed by atoms with E-state index in [4.69, 9.17) is 5.73 Å². The molecule has 32 heavy (non-hydrogen) atoms. The van der Waals surface area contributed by atoms with Gasteiger partial charge in [-0.15, -0.1) is 0 Å². The summed E-state index contributed by atoms with van der Waals surface area (Å²) in [6.45, 7) is 2.25. The van der Waals surface area contributed by atoms with Gasteiger partial charge in [0.15, 0.2) is 0 Å². The van der Waals surface area contributed by atoms with Gasteiger partial charge < -0.3 is 15.7 Å². The van der Waals surface area contributed by atoms with Gasteiger partial charge in [-0.1, -0.05) is 60.7 Å². The standard InChI is InChI=1S/C26H29N3O3/c1-19(20-10-12-23(13-11-20)24-9-5-6-17-28-24)29(26(31)32)18-16-22(14-15-25(27)30)21-7-3-2-4-8-21/h2-13,17,19,22H,14-16,18H2,1H3,(H2,27,30)(H,31,32)/t19-,22-/m0/s1. The first-order valence-corrected chi connectivity index (χ1v) is 10.8. The lowest BCUT2D eigenvalue weighted by Gasteiger charge is -2.29. The Hall–Kier alpha value is -3.67. The molecule has 3 aromatic rings. The van der Waals surface area contributed by atoms with Crippen LogP contribution in [-0.4, -0.2) is 33.5 Å². The van der Waals surface area contributed by atoms with Crippen LogP contribution in [0.15, 0.2) is 79.0 Å². The number of aromatic nitrogens is 1. The van der Waals surface area contributed by atoms with Crippen molar-refractivity contribution in [3.05, 3.63) is 90.1 Å². The molecule has 6 nitrogen and oxygen atoms in total. The third-order valence-electron chi connectivity index (χ3n) is 5.80. The van der Waals surface area contributed by atoms with Crippen molar-refractivity contribution < 1.29 is 14.7 Å². The number of pyridine rings is 1. The minimum absolute atomic E-state index is 0.0595. The molecule has 1 aromatic heterocycles. The molecular formula is C26H29N3O3. The molecule has 0 aliphatic rings.